The molecule has 3 heteroatoms. The summed E-state index contributed by atoms with van der Waals surface area (Å²) in [6.07, 6.45) is 4.14. The first-order valence-electron chi connectivity index (χ1n) is 5.78. The Morgan fingerprint density at radius 3 is 2.75 bits per heavy atom. The Labute approximate surface area is 105 Å². The number of benzene rings is 1. The first-order chi connectivity index (χ1) is 7.75. The maximum absolute atomic E-state index is 11.8. The van der Waals surface area contributed by atoms with Crippen LogP contribution >= 0.6 is 15.9 Å². The largest absolute Gasteiger partial charge is 0.356 e. The highest BCUT2D eigenvalue weighted by molar-refractivity contribution is 9.10. The normalized spacial score (nSPS) is 21.3. The molecular formula is C13H16BrNO. The topological polar surface area (TPSA) is 29.1 Å². The van der Waals surface area contributed by atoms with Crippen LogP contribution in [0.4, 0.5) is 0 Å². The summed E-state index contributed by atoms with van der Waals surface area (Å²) < 4.78 is 1.08. The summed E-state index contributed by atoms with van der Waals surface area (Å²) in [4.78, 5) is 11.8. The highest BCUT2D eigenvalue weighted by Crippen LogP contribution is 2.19. The van der Waals surface area contributed by atoms with Crippen LogP contribution in [0.2, 0.25) is 0 Å². The molecule has 1 amide bonds. The van der Waals surface area contributed by atoms with E-state index in [1.165, 1.54) is 5.56 Å². The van der Waals surface area contributed by atoms with Crippen molar-refractivity contribution in [2.75, 3.05) is 6.54 Å². The van der Waals surface area contributed by atoms with Crippen molar-refractivity contribution >= 4 is 21.8 Å². The van der Waals surface area contributed by atoms with Crippen molar-refractivity contribution in [3.05, 3.63) is 34.3 Å². The molecule has 86 valence electrons. The van der Waals surface area contributed by atoms with Crippen molar-refractivity contribution in [2.45, 2.75) is 25.7 Å². The average molecular weight is 282 g/mol. The molecule has 0 bridgehead atoms. The minimum Gasteiger partial charge on any atom is -0.356 e. The van der Waals surface area contributed by atoms with Crippen LogP contribution in [0.25, 0.3) is 0 Å². The zero-order chi connectivity index (χ0) is 11.4. The molecule has 2 rings (SSSR count). The number of nitrogens with one attached hydrogen (secondary N) is 1. The summed E-state index contributed by atoms with van der Waals surface area (Å²) >= 11 is 3.42. The second-order valence-corrected chi connectivity index (χ2v) is 5.23. The van der Waals surface area contributed by atoms with Gasteiger partial charge in [-0.05, 0) is 37.0 Å². The molecule has 1 aliphatic heterocycles. The quantitative estimate of drug-likeness (QED) is 0.888. The van der Waals surface area contributed by atoms with Crippen LogP contribution in [0.3, 0.4) is 0 Å². The van der Waals surface area contributed by atoms with Gasteiger partial charge in [0.25, 0.3) is 0 Å². The molecule has 1 unspecified atom stereocenters. The van der Waals surface area contributed by atoms with Gasteiger partial charge in [-0.3, -0.25) is 4.79 Å². The molecule has 1 saturated heterocycles. The number of carbonyl (C=O) groups excluding carboxylic acids is 1. The molecule has 1 aromatic carbocycles. The van der Waals surface area contributed by atoms with Crippen molar-refractivity contribution in [2.24, 2.45) is 5.92 Å². The van der Waals surface area contributed by atoms with Crippen molar-refractivity contribution in [1.29, 1.82) is 0 Å². The third-order valence-corrected chi connectivity index (χ3v) is 3.57. The molecular weight excluding hydrogens is 266 g/mol. The molecule has 0 aliphatic carbocycles. The standard InChI is InChI=1S/C13H16BrNO/c14-12-6-4-10(5-7-12)9-11-3-1-2-8-15-13(11)16/h4-7,11H,1-3,8-9H2,(H,15,16). The predicted octanol–water partition coefficient (Wildman–Crippen LogP) is 2.91. The molecule has 0 radical (unpaired) electrons. The summed E-state index contributed by atoms with van der Waals surface area (Å²) in [6.45, 7) is 0.843. The van der Waals surface area contributed by atoms with Crippen LogP contribution in [0, 0.1) is 5.92 Å². The van der Waals surface area contributed by atoms with E-state index in [9.17, 15) is 4.79 Å². The highest BCUT2D eigenvalue weighted by Gasteiger charge is 2.20. The SMILES string of the molecule is O=C1NCCCCC1Cc1ccc(Br)cc1. The minimum absolute atomic E-state index is 0.156. The fraction of sp³-hybridized carbons (Fsp3) is 0.462. The van der Waals surface area contributed by atoms with E-state index in [1.807, 2.05) is 12.1 Å². The zero-order valence-electron chi connectivity index (χ0n) is 9.21. The van der Waals surface area contributed by atoms with Gasteiger partial charge in [-0.2, -0.15) is 0 Å². The summed E-state index contributed by atoms with van der Waals surface area (Å²) in [5.41, 5.74) is 1.24. The molecule has 1 aromatic rings. The Balaban J connectivity index is 2.02. The second-order valence-electron chi connectivity index (χ2n) is 4.31. The second kappa shape index (κ2) is 5.48. The Kier molecular flexibility index (Phi) is 3.99. The molecule has 1 N–H and O–H groups in total. The van der Waals surface area contributed by atoms with Gasteiger partial charge in [0.05, 0.1) is 0 Å². The van der Waals surface area contributed by atoms with Gasteiger partial charge in [0.2, 0.25) is 5.91 Å². The lowest BCUT2D eigenvalue weighted by atomic mass is 9.94. The van der Waals surface area contributed by atoms with Gasteiger partial charge in [0.15, 0.2) is 0 Å². The molecule has 2 nitrogen and oxygen atoms in total. The first-order valence-corrected chi connectivity index (χ1v) is 6.57. The molecule has 1 heterocycles. The van der Waals surface area contributed by atoms with Crippen LogP contribution in [-0.2, 0) is 11.2 Å². The molecule has 0 saturated carbocycles. The molecule has 1 aliphatic rings. The number of hydrogen-bond acceptors (Lipinski definition) is 1. The molecule has 16 heavy (non-hydrogen) atoms. The lowest BCUT2D eigenvalue weighted by molar-refractivity contribution is -0.124. The fourth-order valence-electron chi connectivity index (χ4n) is 2.10. The summed E-state index contributed by atoms with van der Waals surface area (Å²) in [7, 11) is 0. The summed E-state index contributed by atoms with van der Waals surface area (Å²) in [5.74, 6) is 0.379. The number of amides is 1. The minimum atomic E-state index is 0.156. The van der Waals surface area contributed by atoms with E-state index in [0.717, 1.165) is 36.7 Å². The number of hydrogen-bond donors (Lipinski definition) is 1. The third kappa shape index (κ3) is 3.08. The monoisotopic (exact) mass is 281 g/mol. The van der Waals surface area contributed by atoms with E-state index in [-0.39, 0.29) is 11.8 Å². The average Bonchev–Trinajstić information content (AvgIpc) is 2.48. The maximum atomic E-state index is 11.8. The van der Waals surface area contributed by atoms with E-state index in [2.05, 4.69) is 33.4 Å². The number of carbonyl (C=O) groups is 1. The number of halogens is 1. The van der Waals surface area contributed by atoms with E-state index in [0.29, 0.717) is 0 Å². The smallest absolute Gasteiger partial charge is 0.223 e. The summed E-state index contributed by atoms with van der Waals surface area (Å²) in [6, 6.07) is 8.23. The van der Waals surface area contributed by atoms with Crippen LogP contribution in [0.1, 0.15) is 24.8 Å². The van der Waals surface area contributed by atoms with Gasteiger partial charge in [0.1, 0.15) is 0 Å². The van der Waals surface area contributed by atoms with Gasteiger partial charge < -0.3 is 5.32 Å². The van der Waals surface area contributed by atoms with Crippen molar-refractivity contribution in [3.63, 3.8) is 0 Å². The first kappa shape index (κ1) is 11.6. The van der Waals surface area contributed by atoms with Crippen LogP contribution in [-0.4, -0.2) is 12.5 Å². The molecule has 0 aromatic heterocycles. The molecule has 0 spiro atoms. The Morgan fingerprint density at radius 2 is 2.00 bits per heavy atom. The Bertz CT molecular complexity index is 361. The fourth-order valence-corrected chi connectivity index (χ4v) is 2.37. The zero-order valence-corrected chi connectivity index (χ0v) is 10.8. The highest BCUT2D eigenvalue weighted by atomic mass is 79.9. The van der Waals surface area contributed by atoms with E-state index < -0.39 is 0 Å². The van der Waals surface area contributed by atoms with Crippen LogP contribution < -0.4 is 5.32 Å². The summed E-state index contributed by atoms with van der Waals surface area (Å²) in [5, 5.41) is 2.98. The van der Waals surface area contributed by atoms with Crippen molar-refractivity contribution in [1.82, 2.24) is 5.32 Å². The van der Waals surface area contributed by atoms with Crippen LogP contribution in [0.15, 0.2) is 28.7 Å². The van der Waals surface area contributed by atoms with Gasteiger partial charge in [-0.15, -0.1) is 0 Å². The van der Waals surface area contributed by atoms with E-state index >= 15 is 0 Å². The third-order valence-electron chi connectivity index (χ3n) is 3.04. The lowest BCUT2D eigenvalue weighted by Crippen LogP contribution is -2.30. The van der Waals surface area contributed by atoms with Gasteiger partial charge in [0, 0.05) is 16.9 Å². The predicted molar refractivity (Wildman–Crippen MR) is 68.2 cm³/mol. The van der Waals surface area contributed by atoms with E-state index in [1.54, 1.807) is 0 Å². The maximum Gasteiger partial charge on any atom is 0.223 e. The molecule has 1 fully saturated rings. The number of rotatable bonds is 2. The Morgan fingerprint density at radius 1 is 1.25 bits per heavy atom. The van der Waals surface area contributed by atoms with Crippen molar-refractivity contribution < 1.29 is 4.79 Å². The van der Waals surface area contributed by atoms with Crippen LogP contribution in [0.5, 0.6) is 0 Å². The van der Waals surface area contributed by atoms with E-state index in [4.69, 9.17) is 0 Å². The van der Waals surface area contributed by atoms with Gasteiger partial charge in [-0.25, -0.2) is 0 Å². The van der Waals surface area contributed by atoms with Gasteiger partial charge in [-0.1, -0.05) is 34.5 Å². The Hall–Kier alpha value is -0.830. The van der Waals surface area contributed by atoms with Gasteiger partial charge >= 0.3 is 0 Å². The molecule has 1 atom stereocenters. The lowest BCUT2D eigenvalue weighted by Gasteiger charge is -2.12. The van der Waals surface area contributed by atoms with Crippen molar-refractivity contribution in [3.8, 4) is 0 Å².